The van der Waals surface area contributed by atoms with E-state index in [0.717, 1.165) is 17.7 Å². The van der Waals surface area contributed by atoms with E-state index in [1.54, 1.807) is 31.0 Å². The molecule has 1 nitrogen and oxygen atoms in total. The molecule has 0 N–H and O–H groups in total. The van der Waals surface area contributed by atoms with Crippen LogP contribution in [0.25, 0.3) is 0 Å². The molecule has 3 heteroatoms. The Labute approximate surface area is 117 Å². The second kappa shape index (κ2) is 7.31. The van der Waals surface area contributed by atoms with Gasteiger partial charge in [0.2, 0.25) is 0 Å². The summed E-state index contributed by atoms with van der Waals surface area (Å²) in [6.45, 7) is 0. The van der Waals surface area contributed by atoms with Gasteiger partial charge in [-0.05, 0) is 42.7 Å². The molecule has 0 aliphatic carbocycles. The normalized spacial score (nSPS) is 12.3. The standard InChI is InChI=1S/C16H17FOS/c1-18-16(12-7-13-5-3-2-4-6-13)19-15-10-8-14(17)9-11-15/h2-6,8-11,16H,7,12H2,1H3. The maximum absolute atomic E-state index is 12.8. The van der Waals surface area contributed by atoms with Crippen LogP contribution in [0.1, 0.15) is 12.0 Å². The maximum atomic E-state index is 12.8. The minimum Gasteiger partial charge on any atom is -0.370 e. The number of hydrogen-bond donors (Lipinski definition) is 0. The van der Waals surface area contributed by atoms with Crippen molar-refractivity contribution >= 4 is 11.8 Å². The average molecular weight is 276 g/mol. The third-order valence-corrected chi connectivity index (χ3v) is 4.09. The number of benzene rings is 2. The lowest BCUT2D eigenvalue weighted by Crippen LogP contribution is -2.06. The molecule has 0 bridgehead atoms. The number of hydrogen-bond acceptors (Lipinski definition) is 2. The molecule has 0 saturated carbocycles. The fourth-order valence-electron chi connectivity index (χ4n) is 1.82. The van der Waals surface area contributed by atoms with Crippen LogP contribution >= 0.6 is 11.8 Å². The molecule has 19 heavy (non-hydrogen) atoms. The summed E-state index contributed by atoms with van der Waals surface area (Å²) >= 11 is 1.63. The van der Waals surface area contributed by atoms with Crippen LogP contribution < -0.4 is 0 Å². The van der Waals surface area contributed by atoms with Crippen molar-refractivity contribution in [2.45, 2.75) is 23.2 Å². The molecular formula is C16H17FOS. The molecule has 2 rings (SSSR count). The Kier molecular flexibility index (Phi) is 5.43. The van der Waals surface area contributed by atoms with E-state index in [4.69, 9.17) is 4.74 Å². The number of rotatable bonds is 6. The SMILES string of the molecule is COC(CCc1ccccc1)Sc1ccc(F)cc1. The molecule has 0 aliphatic rings. The van der Waals surface area contributed by atoms with Gasteiger partial charge in [-0.2, -0.15) is 0 Å². The monoisotopic (exact) mass is 276 g/mol. The van der Waals surface area contributed by atoms with Crippen molar-refractivity contribution in [3.63, 3.8) is 0 Å². The Balaban J connectivity index is 1.88. The Hall–Kier alpha value is -1.32. The zero-order chi connectivity index (χ0) is 13.5. The quantitative estimate of drug-likeness (QED) is 0.566. The van der Waals surface area contributed by atoms with Gasteiger partial charge in [-0.15, -0.1) is 0 Å². The largest absolute Gasteiger partial charge is 0.370 e. The van der Waals surface area contributed by atoms with Crippen LogP contribution in [-0.4, -0.2) is 12.5 Å². The molecular weight excluding hydrogens is 259 g/mol. The van der Waals surface area contributed by atoms with Crippen molar-refractivity contribution in [2.75, 3.05) is 7.11 Å². The molecule has 1 atom stereocenters. The first kappa shape index (κ1) is 14.1. The van der Waals surface area contributed by atoms with E-state index < -0.39 is 0 Å². The van der Waals surface area contributed by atoms with Crippen LogP contribution in [0.4, 0.5) is 4.39 Å². The van der Waals surface area contributed by atoms with Gasteiger partial charge < -0.3 is 4.74 Å². The molecule has 0 aromatic heterocycles. The average Bonchev–Trinajstić information content (AvgIpc) is 2.46. The van der Waals surface area contributed by atoms with Gasteiger partial charge in [0.1, 0.15) is 11.3 Å². The maximum Gasteiger partial charge on any atom is 0.123 e. The highest BCUT2D eigenvalue weighted by atomic mass is 32.2. The number of aryl methyl sites for hydroxylation is 1. The zero-order valence-electron chi connectivity index (χ0n) is 10.9. The Bertz CT molecular complexity index is 484. The summed E-state index contributed by atoms with van der Waals surface area (Å²) in [6, 6.07) is 16.9. The second-order valence-electron chi connectivity index (χ2n) is 4.26. The molecule has 0 radical (unpaired) electrons. The molecule has 0 saturated heterocycles. The number of halogens is 1. The predicted molar refractivity (Wildman–Crippen MR) is 77.8 cm³/mol. The van der Waals surface area contributed by atoms with Gasteiger partial charge in [0.15, 0.2) is 0 Å². The molecule has 0 fully saturated rings. The zero-order valence-corrected chi connectivity index (χ0v) is 11.7. The van der Waals surface area contributed by atoms with Crippen molar-refractivity contribution in [3.8, 4) is 0 Å². The minimum atomic E-state index is -0.206. The molecule has 0 aliphatic heterocycles. The molecule has 100 valence electrons. The molecule has 0 heterocycles. The molecule has 2 aromatic carbocycles. The van der Waals surface area contributed by atoms with Gasteiger partial charge in [-0.25, -0.2) is 4.39 Å². The highest BCUT2D eigenvalue weighted by Crippen LogP contribution is 2.27. The topological polar surface area (TPSA) is 9.23 Å². The van der Waals surface area contributed by atoms with E-state index in [2.05, 4.69) is 12.1 Å². The smallest absolute Gasteiger partial charge is 0.123 e. The van der Waals surface area contributed by atoms with Crippen molar-refractivity contribution < 1.29 is 9.13 Å². The first-order chi connectivity index (χ1) is 9.28. The van der Waals surface area contributed by atoms with Crippen molar-refractivity contribution in [2.24, 2.45) is 0 Å². The lowest BCUT2D eigenvalue weighted by molar-refractivity contribution is 0.166. The fourth-order valence-corrected chi connectivity index (χ4v) is 2.75. The lowest BCUT2D eigenvalue weighted by atomic mass is 10.1. The summed E-state index contributed by atoms with van der Waals surface area (Å²) in [7, 11) is 1.71. The third-order valence-electron chi connectivity index (χ3n) is 2.86. The number of thioether (sulfide) groups is 1. The first-order valence-corrected chi connectivity index (χ1v) is 7.15. The summed E-state index contributed by atoms with van der Waals surface area (Å²) in [5, 5.41) is 0. The predicted octanol–water partition coefficient (Wildman–Crippen LogP) is 4.52. The Morgan fingerprint density at radius 2 is 1.74 bits per heavy atom. The Morgan fingerprint density at radius 3 is 2.37 bits per heavy atom. The van der Waals surface area contributed by atoms with Crippen LogP contribution in [0.5, 0.6) is 0 Å². The number of ether oxygens (including phenoxy) is 1. The van der Waals surface area contributed by atoms with Gasteiger partial charge in [-0.1, -0.05) is 42.1 Å². The van der Waals surface area contributed by atoms with Gasteiger partial charge in [0, 0.05) is 12.0 Å². The van der Waals surface area contributed by atoms with Gasteiger partial charge in [-0.3, -0.25) is 0 Å². The first-order valence-electron chi connectivity index (χ1n) is 6.27. The van der Waals surface area contributed by atoms with E-state index in [1.807, 2.05) is 18.2 Å². The lowest BCUT2D eigenvalue weighted by Gasteiger charge is -2.14. The summed E-state index contributed by atoms with van der Waals surface area (Å²) in [5.74, 6) is -0.206. The fraction of sp³-hybridized carbons (Fsp3) is 0.250. The van der Waals surface area contributed by atoms with Gasteiger partial charge in [0.05, 0.1) is 0 Å². The van der Waals surface area contributed by atoms with Crippen molar-refractivity contribution in [1.82, 2.24) is 0 Å². The minimum absolute atomic E-state index is 0.0886. The van der Waals surface area contributed by atoms with E-state index in [9.17, 15) is 4.39 Å². The van der Waals surface area contributed by atoms with Gasteiger partial charge in [0.25, 0.3) is 0 Å². The highest BCUT2D eigenvalue weighted by molar-refractivity contribution is 7.99. The van der Waals surface area contributed by atoms with E-state index in [0.29, 0.717) is 0 Å². The van der Waals surface area contributed by atoms with E-state index in [1.165, 1.54) is 17.7 Å². The third kappa shape index (κ3) is 4.69. The summed E-state index contributed by atoms with van der Waals surface area (Å²) in [6.07, 6.45) is 1.91. The highest BCUT2D eigenvalue weighted by Gasteiger charge is 2.09. The van der Waals surface area contributed by atoms with Crippen LogP contribution in [0, 0.1) is 5.82 Å². The summed E-state index contributed by atoms with van der Waals surface area (Å²) in [4.78, 5) is 1.03. The van der Waals surface area contributed by atoms with E-state index >= 15 is 0 Å². The van der Waals surface area contributed by atoms with Crippen LogP contribution in [0.2, 0.25) is 0 Å². The summed E-state index contributed by atoms with van der Waals surface area (Å²) in [5.41, 5.74) is 1.40. The van der Waals surface area contributed by atoms with Crippen LogP contribution in [0.15, 0.2) is 59.5 Å². The molecule has 0 spiro atoms. The molecule has 1 unspecified atom stereocenters. The number of methoxy groups -OCH3 is 1. The second-order valence-corrected chi connectivity index (χ2v) is 5.49. The Morgan fingerprint density at radius 1 is 1.05 bits per heavy atom. The molecule has 2 aromatic rings. The van der Waals surface area contributed by atoms with Crippen LogP contribution in [0.3, 0.4) is 0 Å². The van der Waals surface area contributed by atoms with Crippen molar-refractivity contribution in [3.05, 3.63) is 66.0 Å². The molecule has 0 amide bonds. The van der Waals surface area contributed by atoms with Gasteiger partial charge >= 0.3 is 0 Å². The van der Waals surface area contributed by atoms with Crippen LogP contribution in [-0.2, 0) is 11.2 Å². The van der Waals surface area contributed by atoms with E-state index in [-0.39, 0.29) is 11.3 Å². The summed E-state index contributed by atoms with van der Waals surface area (Å²) < 4.78 is 18.3. The van der Waals surface area contributed by atoms with Crippen molar-refractivity contribution in [1.29, 1.82) is 0 Å².